The Morgan fingerprint density at radius 3 is 2.30 bits per heavy atom. The number of rotatable bonds is 3. The monoisotopic (exact) mass is 346 g/mol. The van der Waals surface area contributed by atoms with E-state index >= 15 is 0 Å². The van der Waals surface area contributed by atoms with E-state index in [0.29, 0.717) is 5.82 Å². The molecule has 0 aliphatic carbocycles. The SMILES string of the molecule is Pn1nnc(-c2ccccc2-c2ccc(CBr)cc2)n1. The maximum Gasteiger partial charge on any atom is 0.205 e. The molecule has 1 aromatic heterocycles. The maximum absolute atomic E-state index is 4.25. The first kappa shape index (κ1) is 13.4. The predicted octanol–water partition coefficient (Wildman–Crippen LogP) is 3.54. The van der Waals surface area contributed by atoms with Gasteiger partial charge in [0.1, 0.15) is 0 Å². The van der Waals surface area contributed by atoms with E-state index in [1.54, 1.807) is 0 Å². The number of nitrogens with zero attached hydrogens (tertiary/aromatic N) is 4. The highest BCUT2D eigenvalue weighted by Gasteiger charge is 2.11. The molecular weight excluding hydrogens is 335 g/mol. The van der Waals surface area contributed by atoms with Crippen LogP contribution >= 0.6 is 25.3 Å². The Bertz CT molecular complexity index is 724. The molecule has 3 aromatic rings. The van der Waals surface area contributed by atoms with Crippen molar-refractivity contribution in [3.8, 4) is 22.5 Å². The van der Waals surface area contributed by atoms with Gasteiger partial charge in [-0.1, -0.05) is 64.5 Å². The normalized spacial score (nSPS) is 10.7. The van der Waals surface area contributed by atoms with Crippen molar-refractivity contribution in [2.45, 2.75) is 5.33 Å². The Balaban J connectivity index is 2.09. The molecule has 100 valence electrons. The Morgan fingerprint density at radius 2 is 1.70 bits per heavy atom. The number of benzene rings is 2. The lowest BCUT2D eigenvalue weighted by Crippen LogP contribution is -1.88. The van der Waals surface area contributed by atoms with Gasteiger partial charge in [0, 0.05) is 20.3 Å². The molecule has 2 aromatic carbocycles. The first-order valence-electron chi connectivity index (χ1n) is 6.07. The number of aromatic nitrogens is 4. The minimum Gasteiger partial charge on any atom is -0.150 e. The molecule has 0 N–H and O–H groups in total. The molecule has 3 rings (SSSR count). The van der Waals surface area contributed by atoms with Crippen molar-refractivity contribution >= 4 is 25.3 Å². The lowest BCUT2D eigenvalue weighted by molar-refractivity contribution is 0.818. The summed E-state index contributed by atoms with van der Waals surface area (Å²) in [5.41, 5.74) is 4.48. The molecule has 0 amide bonds. The Hall–Kier alpha value is -1.58. The van der Waals surface area contributed by atoms with Gasteiger partial charge in [-0.25, -0.2) is 0 Å². The van der Waals surface area contributed by atoms with Crippen LogP contribution < -0.4 is 0 Å². The molecule has 0 bridgehead atoms. The Morgan fingerprint density at radius 1 is 1.00 bits per heavy atom. The van der Waals surface area contributed by atoms with Crippen molar-refractivity contribution in [3.05, 3.63) is 54.1 Å². The molecule has 1 atom stereocenters. The van der Waals surface area contributed by atoms with Gasteiger partial charge < -0.3 is 0 Å². The molecule has 1 heterocycles. The quantitative estimate of drug-likeness (QED) is 0.538. The predicted molar refractivity (Wildman–Crippen MR) is 86.4 cm³/mol. The van der Waals surface area contributed by atoms with E-state index in [0.717, 1.165) is 22.0 Å². The van der Waals surface area contributed by atoms with E-state index in [-0.39, 0.29) is 0 Å². The molecule has 0 aliphatic rings. The van der Waals surface area contributed by atoms with E-state index in [2.05, 4.69) is 71.1 Å². The zero-order valence-corrected chi connectivity index (χ0v) is 13.3. The highest BCUT2D eigenvalue weighted by atomic mass is 79.9. The molecule has 0 aliphatic heterocycles. The summed E-state index contributed by atoms with van der Waals surface area (Å²) in [6, 6.07) is 16.5. The molecule has 0 spiro atoms. The summed E-state index contributed by atoms with van der Waals surface area (Å²) >= 11 is 3.46. The van der Waals surface area contributed by atoms with E-state index in [9.17, 15) is 0 Å². The zero-order valence-electron chi connectivity index (χ0n) is 10.6. The Kier molecular flexibility index (Phi) is 3.90. The van der Waals surface area contributed by atoms with Crippen molar-refractivity contribution in [2.75, 3.05) is 0 Å². The molecule has 0 fully saturated rings. The fraction of sp³-hybridized carbons (Fsp3) is 0.0714. The molecule has 0 saturated heterocycles. The van der Waals surface area contributed by atoms with Gasteiger partial charge in [-0.3, -0.25) is 0 Å². The average molecular weight is 347 g/mol. The summed E-state index contributed by atoms with van der Waals surface area (Å²) in [4.78, 5) is 0. The minimum absolute atomic E-state index is 0.625. The summed E-state index contributed by atoms with van der Waals surface area (Å²) in [6.45, 7) is 0. The van der Waals surface area contributed by atoms with Crippen molar-refractivity contribution in [1.82, 2.24) is 20.0 Å². The maximum atomic E-state index is 4.25. The van der Waals surface area contributed by atoms with Gasteiger partial charge in [0.2, 0.25) is 5.82 Å². The van der Waals surface area contributed by atoms with Gasteiger partial charge in [-0.2, -0.15) is 4.57 Å². The number of hydrogen-bond donors (Lipinski definition) is 0. The van der Waals surface area contributed by atoms with Crippen LogP contribution in [0.2, 0.25) is 0 Å². The van der Waals surface area contributed by atoms with Gasteiger partial charge in [0.15, 0.2) is 0 Å². The highest BCUT2D eigenvalue weighted by Crippen LogP contribution is 2.30. The van der Waals surface area contributed by atoms with Crippen LogP contribution in [0.5, 0.6) is 0 Å². The third-order valence-corrected chi connectivity index (χ3v) is 3.88. The lowest BCUT2D eigenvalue weighted by atomic mass is 9.98. The molecule has 0 saturated carbocycles. The number of tetrazole rings is 1. The number of halogens is 1. The minimum atomic E-state index is 0.625. The van der Waals surface area contributed by atoms with Gasteiger partial charge in [-0.05, 0) is 21.9 Å². The molecular formula is C14H12BrN4P. The van der Waals surface area contributed by atoms with Crippen LogP contribution in [0.25, 0.3) is 22.5 Å². The van der Waals surface area contributed by atoms with Crippen LogP contribution in [-0.2, 0) is 5.33 Å². The van der Waals surface area contributed by atoms with Crippen molar-refractivity contribution in [3.63, 3.8) is 0 Å². The standard InChI is InChI=1S/C14H12BrN4P/c15-9-10-5-7-11(8-6-10)12-3-1-2-4-13(12)14-16-18-19(20)17-14/h1-8H,9,20H2. The third kappa shape index (κ3) is 2.65. The van der Waals surface area contributed by atoms with Crippen LogP contribution in [0.4, 0.5) is 0 Å². The number of alkyl halides is 1. The molecule has 6 heteroatoms. The van der Waals surface area contributed by atoms with Gasteiger partial charge in [-0.15, -0.1) is 10.2 Å². The zero-order chi connectivity index (χ0) is 13.9. The first-order valence-corrected chi connectivity index (χ1v) is 7.71. The Labute approximate surface area is 127 Å². The largest absolute Gasteiger partial charge is 0.205 e. The van der Waals surface area contributed by atoms with Gasteiger partial charge in [0.25, 0.3) is 0 Å². The highest BCUT2D eigenvalue weighted by molar-refractivity contribution is 9.08. The van der Waals surface area contributed by atoms with Crippen LogP contribution in [0.3, 0.4) is 0 Å². The molecule has 4 nitrogen and oxygen atoms in total. The van der Waals surface area contributed by atoms with Gasteiger partial charge in [0.05, 0.1) is 0 Å². The number of hydrogen-bond acceptors (Lipinski definition) is 3. The van der Waals surface area contributed by atoms with Gasteiger partial charge >= 0.3 is 0 Å². The van der Waals surface area contributed by atoms with Crippen LogP contribution in [-0.4, -0.2) is 20.0 Å². The van der Waals surface area contributed by atoms with E-state index in [4.69, 9.17) is 0 Å². The summed E-state index contributed by atoms with van der Waals surface area (Å²) in [6.07, 6.45) is 0. The summed E-state index contributed by atoms with van der Waals surface area (Å²) in [5, 5.41) is 13.1. The fourth-order valence-corrected chi connectivity index (χ4v) is 2.57. The van der Waals surface area contributed by atoms with Crippen LogP contribution in [0.1, 0.15) is 5.56 Å². The second-order valence-corrected chi connectivity index (χ2v) is 5.33. The van der Waals surface area contributed by atoms with Crippen LogP contribution in [0, 0.1) is 0 Å². The van der Waals surface area contributed by atoms with E-state index in [1.165, 1.54) is 10.1 Å². The van der Waals surface area contributed by atoms with E-state index in [1.807, 2.05) is 18.2 Å². The second-order valence-electron chi connectivity index (χ2n) is 4.31. The molecule has 20 heavy (non-hydrogen) atoms. The van der Waals surface area contributed by atoms with Crippen molar-refractivity contribution in [2.24, 2.45) is 0 Å². The average Bonchev–Trinajstić information content (AvgIpc) is 2.94. The smallest absolute Gasteiger partial charge is 0.150 e. The summed E-state index contributed by atoms with van der Waals surface area (Å²) in [5.74, 6) is 0.625. The summed E-state index contributed by atoms with van der Waals surface area (Å²) in [7, 11) is 2.38. The fourth-order valence-electron chi connectivity index (χ4n) is 2.04. The summed E-state index contributed by atoms with van der Waals surface area (Å²) < 4.78 is 1.39. The topological polar surface area (TPSA) is 43.6 Å². The molecule has 1 unspecified atom stereocenters. The van der Waals surface area contributed by atoms with Crippen LogP contribution in [0.15, 0.2) is 48.5 Å². The van der Waals surface area contributed by atoms with Crippen molar-refractivity contribution in [1.29, 1.82) is 0 Å². The first-order chi connectivity index (χ1) is 9.78. The van der Waals surface area contributed by atoms with Crippen molar-refractivity contribution < 1.29 is 0 Å². The molecule has 0 radical (unpaired) electrons. The van der Waals surface area contributed by atoms with E-state index < -0.39 is 0 Å². The third-order valence-electron chi connectivity index (χ3n) is 3.02. The second kappa shape index (κ2) is 5.81. The lowest BCUT2D eigenvalue weighted by Gasteiger charge is -2.07.